The van der Waals surface area contributed by atoms with Gasteiger partial charge in [-0.25, -0.2) is 4.79 Å². The van der Waals surface area contributed by atoms with Crippen molar-refractivity contribution in [2.45, 2.75) is 57.6 Å². The van der Waals surface area contributed by atoms with Crippen molar-refractivity contribution >= 4 is 6.09 Å². The predicted molar refractivity (Wildman–Crippen MR) is 62.4 cm³/mol. The molecule has 0 aromatic carbocycles. The molecule has 0 heterocycles. The monoisotopic (exact) mass is 244 g/mol. The molecule has 1 fully saturated rings. The molecule has 1 aliphatic rings. The smallest absolute Gasteiger partial charge is 0.408 e. The van der Waals surface area contributed by atoms with Gasteiger partial charge >= 0.3 is 6.09 Å². The van der Waals surface area contributed by atoms with Crippen LogP contribution in [0.15, 0.2) is 0 Å². The summed E-state index contributed by atoms with van der Waals surface area (Å²) in [5, 5.41) is 13.3. The Morgan fingerprint density at radius 1 is 1.41 bits per heavy atom. The first-order valence-corrected chi connectivity index (χ1v) is 5.85. The molecule has 1 N–H and O–H groups in total. The number of amides is 1. The van der Waals surface area contributed by atoms with Crippen molar-refractivity contribution in [2.75, 3.05) is 6.54 Å². The first-order valence-electron chi connectivity index (χ1n) is 5.85. The second-order valence-corrected chi connectivity index (χ2v) is 5.61. The third-order valence-electron chi connectivity index (χ3n) is 2.76. The van der Waals surface area contributed by atoms with E-state index in [0.717, 1.165) is 12.8 Å². The van der Waals surface area contributed by atoms with Crippen molar-refractivity contribution in [3.05, 3.63) is 10.1 Å². The van der Waals surface area contributed by atoms with Crippen molar-refractivity contribution in [1.29, 1.82) is 0 Å². The molecule has 0 bridgehead atoms. The van der Waals surface area contributed by atoms with Crippen LogP contribution in [0.25, 0.3) is 0 Å². The molecule has 1 aliphatic carbocycles. The normalized spacial score (nSPS) is 18.8. The number of nitro groups is 1. The predicted octanol–water partition coefficient (Wildman–Crippen LogP) is 2.10. The summed E-state index contributed by atoms with van der Waals surface area (Å²) >= 11 is 0. The lowest BCUT2D eigenvalue weighted by molar-refractivity contribution is -0.490. The van der Waals surface area contributed by atoms with Gasteiger partial charge in [0.1, 0.15) is 11.1 Å². The average molecular weight is 244 g/mol. The molecule has 0 saturated heterocycles. The Kier molecular flexibility index (Phi) is 3.95. The number of hydrogen-bond donors (Lipinski definition) is 1. The maximum absolute atomic E-state index is 11.6. The molecule has 1 amide bonds. The second-order valence-electron chi connectivity index (χ2n) is 5.61. The van der Waals surface area contributed by atoms with Gasteiger partial charge in [0.2, 0.25) is 6.54 Å². The number of nitrogens with zero attached hydrogens (tertiary/aromatic N) is 1. The first kappa shape index (κ1) is 13.7. The van der Waals surface area contributed by atoms with Gasteiger partial charge in [-0.2, -0.15) is 0 Å². The Balaban J connectivity index is 2.61. The van der Waals surface area contributed by atoms with Crippen LogP contribution < -0.4 is 5.32 Å². The molecule has 0 aromatic rings. The third-order valence-corrected chi connectivity index (χ3v) is 2.76. The van der Waals surface area contributed by atoms with Gasteiger partial charge in [-0.05, 0) is 33.6 Å². The molecule has 0 atom stereocenters. The fraction of sp³-hybridized carbons (Fsp3) is 0.909. The van der Waals surface area contributed by atoms with Gasteiger partial charge in [-0.3, -0.25) is 10.1 Å². The zero-order chi connectivity index (χ0) is 13.1. The number of alkyl carbamates (subject to hydrolysis) is 1. The van der Waals surface area contributed by atoms with Crippen LogP contribution in [0.1, 0.15) is 46.5 Å². The Labute approximate surface area is 101 Å². The Hall–Kier alpha value is -1.33. The summed E-state index contributed by atoms with van der Waals surface area (Å²) in [5.74, 6) is 0. The van der Waals surface area contributed by atoms with Crippen molar-refractivity contribution in [1.82, 2.24) is 5.32 Å². The quantitative estimate of drug-likeness (QED) is 0.609. The van der Waals surface area contributed by atoms with E-state index >= 15 is 0 Å². The zero-order valence-electron chi connectivity index (χ0n) is 10.6. The number of rotatable bonds is 3. The summed E-state index contributed by atoms with van der Waals surface area (Å²) in [4.78, 5) is 21.9. The largest absolute Gasteiger partial charge is 0.444 e. The molecule has 0 radical (unpaired) electrons. The SMILES string of the molecule is CC(C)(C)OC(=O)NC1(C[N+](=O)[O-])CCCC1. The Bertz CT molecular complexity index is 303. The molecule has 17 heavy (non-hydrogen) atoms. The fourth-order valence-corrected chi connectivity index (χ4v) is 2.14. The highest BCUT2D eigenvalue weighted by atomic mass is 16.6. The van der Waals surface area contributed by atoms with Crippen LogP contribution >= 0.6 is 0 Å². The maximum atomic E-state index is 11.6. The van der Waals surface area contributed by atoms with Gasteiger partial charge in [0.05, 0.1) is 0 Å². The molecular formula is C11H20N2O4. The highest BCUT2D eigenvalue weighted by Crippen LogP contribution is 2.30. The minimum atomic E-state index is -0.716. The van der Waals surface area contributed by atoms with Crippen LogP contribution in [0.2, 0.25) is 0 Å². The van der Waals surface area contributed by atoms with E-state index in [1.807, 2.05) is 0 Å². The van der Waals surface area contributed by atoms with E-state index in [2.05, 4.69) is 5.32 Å². The summed E-state index contributed by atoms with van der Waals surface area (Å²) in [5.41, 5.74) is -1.30. The van der Waals surface area contributed by atoms with E-state index in [9.17, 15) is 14.9 Å². The number of ether oxygens (including phenoxy) is 1. The minimum absolute atomic E-state index is 0.230. The van der Waals surface area contributed by atoms with Crippen LogP contribution in [0.3, 0.4) is 0 Å². The molecule has 1 saturated carbocycles. The summed E-state index contributed by atoms with van der Waals surface area (Å²) in [6.07, 6.45) is 2.54. The highest BCUT2D eigenvalue weighted by Gasteiger charge is 2.41. The lowest BCUT2D eigenvalue weighted by Gasteiger charge is -2.28. The van der Waals surface area contributed by atoms with E-state index in [4.69, 9.17) is 4.74 Å². The van der Waals surface area contributed by atoms with E-state index in [1.165, 1.54) is 0 Å². The molecule has 6 nitrogen and oxygen atoms in total. The minimum Gasteiger partial charge on any atom is -0.444 e. The van der Waals surface area contributed by atoms with Crippen LogP contribution in [0.4, 0.5) is 4.79 Å². The van der Waals surface area contributed by atoms with E-state index in [1.54, 1.807) is 20.8 Å². The molecule has 6 heteroatoms. The molecule has 0 spiro atoms. The molecule has 98 valence electrons. The van der Waals surface area contributed by atoms with Gasteiger partial charge in [0, 0.05) is 4.92 Å². The average Bonchev–Trinajstić information content (AvgIpc) is 2.47. The number of carbonyl (C=O) groups excluding carboxylic acids is 1. The van der Waals surface area contributed by atoms with Gasteiger partial charge in [0.15, 0.2) is 0 Å². The zero-order valence-corrected chi connectivity index (χ0v) is 10.6. The summed E-state index contributed by atoms with van der Waals surface area (Å²) in [6, 6.07) is 0. The van der Waals surface area contributed by atoms with Crippen molar-refractivity contribution in [2.24, 2.45) is 0 Å². The van der Waals surface area contributed by atoms with Crippen LogP contribution in [-0.2, 0) is 4.74 Å². The highest BCUT2D eigenvalue weighted by molar-refractivity contribution is 5.68. The standard InChI is InChI=1S/C11H20N2O4/c1-10(2,3)17-9(14)12-11(8-13(15)16)6-4-5-7-11/h4-8H2,1-3H3,(H,12,14). The lowest BCUT2D eigenvalue weighted by atomic mass is 9.98. The number of hydrogen-bond acceptors (Lipinski definition) is 4. The first-order chi connectivity index (χ1) is 7.72. The Morgan fingerprint density at radius 2 is 1.94 bits per heavy atom. The number of nitrogens with one attached hydrogen (secondary N) is 1. The molecule has 0 aromatic heterocycles. The lowest BCUT2D eigenvalue weighted by Crippen LogP contribution is -2.52. The van der Waals surface area contributed by atoms with Gasteiger partial charge in [0.25, 0.3) is 0 Å². The van der Waals surface area contributed by atoms with Crippen LogP contribution in [0.5, 0.6) is 0 Å². The molecule has 0 unspecified atom stereocenters. The van der Waals surface area contributed by atoms with E-state index in [-0.39, 0.29) is 11.5 Å². The topological polar surface area (TPSA) is 81.5 Å². The molecule has 0 aliphatic heterocycles. The second kappa shape index (κ2) is 4.89. The van der Waals surface area contributed by atoms with Crippen LogP contribution in [0, 0.1) is 10.1 Å². The summed E-state index contributed by atoms with van der Waals surface area (Å²) < 4.78 is 5.13. The third kappa shape index (κ3) is 4.58. The van der Waals surface area contributed by atoms with Gasteiger partial charge < -0.3 is 10.1 Å². The van der Waals surface area contributed by atoms with Crippen molar-refractivity contribution in [3.63, 3.8) is 0 Å². The Morgan fingerprint density at radius 3 is 2.35 bits per heavy atom. The maximum Gasteiger partial charge on any atom is 0.408 e. The summed E-state index contributed by atoms with van der Waals surface area (Å²) in [7, 11) is 0. The molecular weight excluding hydrogens is 224 g/mol. The fourth-order valence-electron chi connectivity index (χ4n) is 2.14. The molecule has 1 rings (SSSR count). The van der Waals surface area contributed by atoms with Crippen molar-refractivity contribution in [3.8, 4) is 0 Å². The van der Waals surface area contributed by atoms with Gasteiger partial charge in [-0.1, -0.05) is 12.8 Å². The van der Waals surface area contributed by atoms with Crippen LogP contribution in [-0.4, -0.2) is 28.7 Å². The van der Waals surface area contributed by atoms with Gasteiger partial charge in [-0.15, -0.1) is 0 Å². The summed E-state index contributed by atoms with van der Waals surface area (Å²) in [6.45, 7) is 5.07. The van der Waals surface area contributed by atoms with Crippen molar-refractivity contribution < 1.29 is 14.5 Å². The van der Waals surface area contributed by atoms with E-state index in [0.29, 0.717) is 12.8 Å². The number of carbonyl (C=O) groups is 1. The van der Waals surface area contributed by atoms with E-state index < -0.39 is 17.2 Å².